The predicted molar refractivity (Wildman–Crippen MR) is 115 cm³/mol. The molecule has 3 N–H and O–H groups in total. The van der Waals surface area contributed by atoms with Crippen molar-refractivity contribution in [1.82, 2.24) is 19.5 Å². The van der Waals surface area contributed by atoms with Gasteiger partial charge in [-0.05, 0) is 42.2 Å². The fourth-order valence-electron chi connectivity index (χ4n) is 5.73. The lowest BCUT2D eigenvalue weighted by molar-refractivity contribution is -0.227. The van der Waals surface area contributed by atoms with Gasteiger partial charge in [-0.15, -0.1) is 11.3 Å². The molecule has 3 heterocycles. The first-order valence-corrected chi connectivity index (χ1v) is 11.1. The van der Waals surface area contributed by atoms with E-state index in [0.29, 0.717) is 12.1 Å². The third kappa shape index (κ3) is 2.50. The highest BCUT2D eigenvalue weighted by molar-refractivity contribution is 7.16. The first-order valence-electron chi connectivity index (χ1n) is 10.2. The summed E-state index contributed by atoms with van der Waals surface area (Å²) in [4.78, 5) is 38.3. The third-order valence-corrected chi connectivity index (χ3v) is 7.69. The number of fused-ring (bicyclic) bond motifs is 3. The van der Waals surface area contributed by atoms with E-state index in [-0.39, 0.29) is 28.2 Å². The minimum absolute atomic E-state index is 0.0195. The van der Waals surface area contributed by atoms with Crippen molar-refractivity contribution in [2.45, 2.75) is 52.0 Å². The van der Waals surface area contributed by atoms with Crippen LogP contribution in [0.2, 0.25) is 0 Å². The fraction of sp³-hybridized carbons (Fsp3) is 0.524. The number of hydrogen-bond acceptors (Lipinski definition) is 5. The van der Waals surface area contributed by atoms with Crippen LogP contribution in [0, 0.1) is 10.8 Å². The van der Waals surface area contributed by atoms with Gasteiger partial charge in [0.15, 0.2) is 0 Å². The van der Waals surface area contributed by atoms with Gasteiger partial charge in [0.05, 0.1) is 0 Å². The zero-order valence-corrected chi connectivity index (χ0v) is 18.1. The van der Waals surface area contributed by atoms with Crippen LogP contribution in [0.15, 0.2) is 22.3 Å². The predicted octanol–water partition coefficient (Wildman–Crippen LogP) is 2.17. The summed E-state index contributed by atoms with van der Waals surface area (Å²) in [5.74, 6) is 0.223. The molecule has 9 heteroatoms. The van der Waals surface area contributed by atoms with Crippen LogP contribution < -0.4 is 16.6 Å². The van der Waals surface area contributed by atoms with E-state index in [9.17, 15) is 14.4 Å². The Morgan fingerprint density at radius 2 is 2.03 bits per heavy atom. The number of carbonyl (C=O) groups excluding carboxylic acids is 2. The van der Waals surface area contributed by atoms with Crippen molar-refractivity contribution in [3.8, 4) is 0 Å². The Labute approximate surface area is 177 Å². The first-order chi connectivity index (χ1) is 14.2. The van der Waals surface area contributed by atoms with Crippen molar-refractivity contribution >= 4 is 38.9 Å². The second kappa shape index (κ2) is 6.16. The normalized spacial score (nSPS) is 25.9. The number of hydrogen-bond donors (Lipinski definition) is 2. The molecule has 0 aliphatic heterocycles. The monoisotopic (exact) mass is 427 g/mol. The average molecular weight is 428 g/mol. The van der Waals surface area contributed by atoms with E-state index in [1.807, 2.05) is 35.8 Å². The Morgan fingerprint density at radius 1 is 1.33 bits per heavy atom. The zero-order valence-electron chi connectivity index (χ0n) is 17.3. The van der Waals surface area contributed by atoms with E-state index >= 15 is 0 Å². The molecule has 0 aromatic carbocycles. The Hall–Kier alpha value is -2.68. The minimum atomic E-state index is -0.778. The lowest BCUT2D eigenvalue weighted by atomic mass is 9.33. The molecule has 2 amide bonds. The van der Waals surface area contributed by atoms with Crippen LogP contribution in [0.5, 0.6) is 0 Å². The van der Waals surface area contributed by atoms with Crippen molar-refractivity contribution in [3.63, 3.8) is 0 Å². The number of thiophene rings is 1. The van der Waals surface area contributed by atoms with E-state index in [1.165, 1.54) is 11.6 Å². The molecule has 30 heavy (non-hydrogen) atoms. The van der Waals surface area contributed by atoms with Gasteiger partial charge in [-0.3, -0.25) is 18.8 Å². The van der Waals surface area contributed by atoms with Gasteiger partial charge in [0.2, 0.25) is 11.8 Å². The maximum atomic E-state index is 13.4. The van der Waals surface area contributed by atoms with Crippen molar-refractivity contribution in [1.29, 1.82) is 0 Å². The van der Waals surface area contributed by atoms with E-state index in [2.05, 4.69) is 5.32 Å². The van der Waals surface area contributed by atoms with Crippen molar-refractivity contribution in [2.24, 2.45) is 16.6 Å². The third-order valence-electron chi connectivity index (χ3n) is 6.78. The van der Waals surface area contributed by atoms with Gasteiger partial charge in [-0.1, -0.05) is 13.8 Å². The van der Waals surface area contributed by atoms with E-state index in [4.69, 9.17) is 10.8 Å². The van der Waals surface area contributed by atoms with Crippen LogP contribution in [-0.2, 0) is 9.59 Å². The molecule has 0 saturated heterocycles. The van der Waals surface area contributed by atoms with Crippen molar-refractivity contribution in [3.05, 3.63) is 33.7 Å². The molecule has 3 aliphatic rings. The van der Waals surface area contributed by atoms with Crippen LogP contribution in [0.25, 0.3) is 15.7 Å². The van der Waals surface area contributed by atoms with Crippen LogP contribution >= 0.6 is 11.3 Å². The second-order valence-electron chi connectivity index (χ2n) is 9.42. The summed E-state index contributed by atoms with van der Waals surface area (Å²) in [7, 11) is 0. The summed E-state index contributed by atoms with van der Waals surface area (Å²) in [5, 5.41) is 10.6. The van der Waals surface area contributed by atoms with Crippen LogP contribution in [0.4, 0.5) is 0 Å². The number of primary amides is 1. The topological polar surface area (TPSA) is 111 Å². The molecule has 3 saturated carbocycles. The van der Waals surface area contributed by atoms with Gasteiger partial charge in [-0.2, -0.15) is 5.10 Å². The van der Waals surface area contributed by atoms with Crippen molar-refractivity contribution in [2.75, 3.05) is 6.54 Å². The van der Waals surface area contributed by atoms with Gasteiger partial charge in [0, 0.05) is 30.2 Å². The molecule has 0 spiro atoms. The molecule has 1 atom stereocenters. The van der Waals surface area contributed by atoms with Crippen molar-refractivity contribution < 1.29 is 9.59 Å². The lowest BCUT2D eigenvalue weighted by Crippen LogP contribution is -2.70. The van der Waals surface area contributed by atoms with Gasteiger partial charge in [0.25, 0.3) is 5.56 Å². The number of nitrogens with one attached hydrogen (secondary N) is 1. The molecule has 0 radical (unpaired) electrons. The largest absolute Gasteiger partial charge is 0.368 e. The molecule has 3 aromatic heterocycles. The maximum absolute atomic E-state index is 13.4. The molecule has 3 aromatic rings. The highest BCUT2D eigenvalue weighted by Gasteiger charge is 2.72. The minimum Gasteiger partial charge on any atom is -0.368 e. The zero-order chi connectivity index (χ0) is 21.4. The summed E-state index contributed by atoms with van der Waals surface area (Å²) < 4.78 is 3.26. The number of nitrogens with zero attached hydrogens (tertiary/aromatic N) is 3. The lowest BCUT2D eigenvalue weighted by Gasteiger charge is -2.72. The Balaban J connectivity index is 1.60. The maximum Gasteiger partial charge on any atom is 0.291 e. The Bertz CT molecular complexity index is 1250. The molecular formula is C21H25N5O3S. The van der Waals surface area contributed by atoms with Crippen LogP contribution in [0.1, 0.15) is 57.8 Å². The summed E-state index contributed by atoms with van der Waals surface area (Å²) in [6.07, 6.45) is 2.29. The number of aromatic nitrogens is 3. The highest BCUT2D eigenvalue weighted by Crippen LogP contribution is 2.76. The number of rotatable bonds is 6. The SMILES string of the molecule is CC(=O)NCC12CC(C(C(N)=O)n3nc(C(C)C)n4c(cc5ccsc54)c3=O)(C1)C2. The fourth-order valence-corrected chi connectivity index (χ4v) is 6.64. The molecule has 2 bridgehead atoms. The summed E-state index contributed by atoms with van der Waals surface area (Å²) in [5.41, 5.74) is 5.75. The first kappa shape index (κ1) is 19.3. The van der Waals surface area contributed by atoms with Gasteiger partial charge in [-0.25, -0.2) is 4.68 Å². The summed E-state index contributed by atoms with van der Waals surface area (Å²) in [6.45, 7) is 6.16. The van der Waals surface area contributed by atoms with Gasteiger partial charge >= 0.3 is 0 Å². The molecule has 158 valence electrons. The molecular weight excluding hydrogens is 402 g/mol. The smallest absolute Gasteiger partial charge is 0.291 e. The van der Waals surface area contributed by atoms with Crippen LogP contribution in [-0.4, -0.2) is 32.5 Å². The van der Waals surface area contributed by atoms with Gasteiger partial charge < -0.3 is 11.1 Å². The number of nitrogens with two attached hydrogens (primary N) is 1. The van der Waals surface area contributed by atoms with E-state index in [0.717, 1.165) is 35.3 Å². The number of carbonyl (C=O) groups is 2. The number of amides is 2. The van der Waals surface area contributed by atoms with E-state index in [1.54, 1.807) is 11.3 Å². The second-order valence-corrected chi connectivity index (χ2v) is 10.3. The highest BCUT2D eigenvalue weighted by atomic mass is 32.1. The standard InChI is InChI=1S/C21H25N5O3S/c1-11(2)17-24-26(18(29)14-6-13-4-5-30-19(13)25(14)17)15(16(22)28)21-7-20(8-21,9-21)10-23-12(3)27/h4-6,11,15H,7-10H2,1-3H3,(H2,22,28)(H,23,27). The molecule has 1 unspecified atom stereocenters. The van der Waals surface area contributed by atoms with Crippen LogP contribution in [0.3, 0.4) is 0 Å². The molecule has 3 aliphatic carbocycles. The molecule has 8 nitrogen and oxygen atoms in total. The summed E-state index contributed by atoms with van der Waals surface area (Å²) >= 11 is 1.57. The molecule has 6 rings (SSSR count). The Kier molecular flexibility index (Phi) is 3.96. The summed E-state index contributed by atoms with van der Waals surface area (Å²) in [6, 6.07) is 3.08. The van der Waals surface area contributed by atoms with Gasteiger partial charge in [0.1, 0.15) is 22.2 Å². The van der Waals surface area contributed by atoms with E-state index < -0.39 is 11.9 Å². The quantitative estimate of drug-likeness (QED) is 0.628. The average Bonchev–Trinajstić information content (AvgIpc) is 3.18. The Morgan fingerprint density at radius 3 is 2.63 bits per heavy atom. The molecule has 3 fully saturated rings.